The van der Waals surface area contributed by atoms with Crippen molar-refractivity contribution in [3.8, 4) is 0 Å². The molecule has 21 heavy (non-hydrogen) atoms. The molecule has 0 aromatic carbocycles. The Labute approximate surface area is 125 Å². The number of nitrogens with one attached hydrogen (secondary N) is 1. The summed E-state index contributed by atoms with van der Waals surface area (Å²) >= 11 is 0. The molecule has 0 aliphatic carbocycles. The van der Waals surface area contributed by atoms with E-state index in [1.54, 1.807) is 4.90 Å². The predicted octanol–water partition coefficient (Wildman–Crippen LogP) is -0.605. The highest BCUT2D eigenvalue weighted by atomic mass is 32.2. The number of rotatable bonds is 4. The van der Waals surface area contributed by atoms with Crippen LogP contribution in [0.4, 0.5) is 0 Å². The van der Waals surface area contributed by atoms with Gasteiger partial charge in [-0.05, 0) is 19.8 Å². The lowest BCUT2D eigenvalue weighted by Crippen LogP contribution is -2.47. The molecular formula is C13H23N3O4S. The predicted molar refractivity (Wildman–Crippen MR) is 77.9 cm³/mol. The van der Waals surface area contributed by atoms with Gasteiger partial charge in [-0.1, -0.05) is 0 Å². The molecule has 0 aromatic rings. The zero-order chi connectivity index (χ0) is 15.6. The molecule has 7 nitrogen and oxygen atoms in total. The van der Waals surface area contributed by atoms with Gasteiger partial charge in [0, 0.05) is 38.6 Å². The Bertz CT molecular complexity index is 512. The largest absolute Gasteiger partial charge is 0.353 e. The molecule has 2 amide bonds. The summed E-state index contributed by atoms with van der Waals surface area (Å²) in [6.45, 7) is 3.90. The lowest BCUT2D eigenvalue weighted by Gasteiger charge is -2.31. The molecule has 120 valence electrons. The minimum Gasteiger partial charge on any atom is -0.353 e. The Morgan fingerprint density at radius 3 is 2.43 bits per heavy atom. The van der Waals surface area contributed by atoms with Gasteiger partial charge in [-0.25, -0.2) is 12.7 Å². The summed E-state index contributed by atoms with van der Waals surface area (Å²) in [5.74, 6) is -0.327. The van der Waals surface area contributed by atoms with Crippen LogP contribution in [0.5, 0.6) is 0 Å². The molecule has 1 N–H and O–H groups in total. The van der Waals surface area contributed by atoms with Crippen LogP contribution in [0.15, 0.2) is 0 Å². The topological polar surface area (TPSA) is 86.8 Å². The molecule has 0 aromatic heterocycles. The molecule has 0 radical (unpaired) electrons. The third kappa shape index (κ3) is 3.94. The molecule has 2 rings (SSSR count). The lowest BCUT2D eigenvalue weighted by atomic mass is 10.0. The summed E-state index contributed by atoms with van der Waals surface area (Å²) in [5.41, 5.74) is 0. The van der Waals surface area contributed by atoms with E-state index < -0.39 is 10.0 Å². The molecule has 2 aliphatic heterocycles. The number of amides is 2. The van der Waals surface area contributed by atoms with E-state index in [0.29, 0.717) is 39.0 Å². The molecule has 2 aliphatic rings. The molecule has 0 spiro atoms. The van der Waals surface area contributed by atoms with Crippen molar-refractivity contribution in [2.24, 2.45) is 5.92 Å². The van der Waals surface area contributed by atoms with Crippen molar-refractivity contribution < 1.29 is 18.0 Å². The Morgan fingerprint density at radius 2 is 1.95 bits per heavy atom. The van der Waals surface area contributed by atoms with Gasteiger partial charge in [0.25, 0.3) is 0 Å². The number of nitrogens with zero attached hydrogens (tertiary/aromatic N) is 2. The standard InChI is InChI=1S/C13H23N3O4S/c1-3-15-9-10(8-12(15)17)13(18)14-11-4-6-16(7-5-11)21(2,19)20/h10-11H,3-9H2,1-2H3,(H,14,18)/t10-/m0/s1. The van der Waals surface area contributed by atoms with E-state index in [1.165, 1.54) is 10.6 Å². The van der Waals surface area contributed by atoms with Gasteiger partial charge in [0.15, 0.2) is 0 Å². The maximum absolute atomic E-state index is 12.2. The van der Waals surface area contributed by atoms with Gasteiger partial charge in [0.2, 0.25) is 21.8 Å². The Hall–Kier alpha value is -1.15. The first-order valence-corrected chi connectivity index (χ1v) is 9.19. The fourth-order valence-corrected chi connectivity index (χ4v) is 3.78. The van der Waals surface area contributed by atoms with Crippen LogP contribution in [0.1, 0.15) is 26.2 Å². The van der Waals surface area contributed by atoms with Crippen molar-refractivity contribution in [2.75, 3.05) is 32.4 Å². The SMILES string of the molecule is CCN1C[C@@H](C(=O)NC2CCN(S(C)(=O)=O)CC2)CC1=O. The van der Waals surface area contributed by atoms with E-state index in [4.69, 9.17) is 0 Å². The Morgan fingerprint density at radius 1 is 1.33 bits per heavy atom. The van der Waals surface area contributed by atoms with Crippen molar-refractivity contribution in [2.45, 2.75) is 32.2 Å². The smallest absolute Gasteiger partial charge is 0.225 e. The second-order valence-electron chi connectivity index (χ2n) is 5.78. The highest BCUT2D eigenvalue weighted by Gasteiger charge is 2.35. The third-order valence-corrected chi connectivity index (χ3v) is 5.54. The summed E-state index contributed by atoms with van der Waals surface area (Å²) in [5, 5.41) is 2.96. The van der Waals surface area contributed by atoms with Gasteiger partial charge in [-0.15, -0.1) is 0 Å². The van der Waals surface area contributed by atoms with Crippen molar-refractivity contribution >= 4 is 21.8 Å². The summed E-state index contributed by atoms with van der Waals surface area (Å²) in [6.07, 6.45) is 2.73. The minimum absolute atomic E-state index is 0.00118. The van der Waals surface area contributed by atoms with E-state index in [2.05, 4.69) is 5.32 Å². The van der Waals surface area contributed by atoms with Gasteiger partial charge in [-0.3, -0.25) is 9.59 Å². The third-order valence-electron chi connectivity index (χ3n) is 4.24. The van der Waals surface area contributed by atoms with Crippen LogP contribution in [-0.2, 0) is 19.6 Å². The van der Waals surface area contributed by atoms with Gasteiger partial charge in [-0.2, -0.15) is 0 Å². The van der Waals surface area contributed by atoms with E-state index in [9.17, 15) is 18.0 Å². The first-order valence-electron chi connectivity index (χ1n) is 7.34. The molecule has 1 atom stereocenters. The highest BCUT2D eigenvalue weighted by molar-refractivity contribution is 7.88. The number of carbonyl (C=O) groups excluding carboxylic acids is 2. The van der Waals surface area contributed by atoms with E-state index in [0.717, 1.165) is 0 Å². The number of carbonyl (C=O) groups is 2. The van der Waals surface area contributed by atoms with Crippen molar-refractivity contribution in [3.05, 3.63) is 0 Å². The van der Waals surface area contributed by atoms with Crippen LogP contribution in [0.3, 0.4) is 0 Å². The summed E-state index contributed by atoms with van der Waals surface area (Å²) in [6, 6.07) is 0.00118. The normalized spacial score (nSPS) is 25.3. The van der Waals surface area contributed by atoms with Crippen LogP contribution >= 0.6 is 0 Å². The zero-order valence-electron chi connectivity index (χ0n) is 12.5. The zero-order valence-corrected chi connectivity index (χ0v) is 13.4. The number of likely N-dealkylation sites (tertiary alicyclic amines) is 1. The minimum atomic E-state index is -3.14. The fraction of sp³-hybridized carbons (Fsp3) is 0.846. The number of hydrogen-bond donors (Lipinski definition) is 1. The first kappa shape index (κ1) is 16.2. The Balaban J connectivity index is 1.81. The Kier molecular flexibility index (Phi) is 4.88. The second kappa shape index (κ2) is 6.31. The maximum Gasteiger partial charge on any atom is 0.225 e. The van der Waals surface area contributed by atoms with Gasteiger partial charge in [0.05, 0.1) is 12.2 Å². The fourth-order valence-electron chi connectivity index (χ4n) is 2.90. The van der Waals surface area contributed by atoms with Crippen molar-refractivity contribution in [1.29, 1.82) is 0 Å². The van der Waals surface area contributed by atoms with Crippen molar-refractivity contribution in [3.63, 3.8) is 0 Å². The average molecular weight is 317 g/mol. The van der Waals surface area contributed by atoms with Gasteiger partial charge >= 0.3 is 0 Å². The number of hydrogen-bond acceptors (Lipinski definition) is 4. The second-order valence-corrected chi connectivity index (χ2v) is 7.76. The van der Waals surface area contributed by atoms with E-state index >= 15 is 0 Å². The van der Waals surface area contributed by atoms with Gasteiger partial charge < -0.3 is 10.2 Å². The van der Waals surface area contributed by atoms with Crippen LogP contribution in [0, 0.1) is 5.92 Å². The maximum atomic E-state index is 12.2. The van der Waals surface area contributed by atoms with Crippen LogP contribution < -0.4 is 5.32 Å². The summed E-state index contributed by atoms with van der Waals surface area (Å²) in [7, 11) is -3.14. The van der Waals surface area contributed by atoms with E-state index in [1.807, 2.05) is 6.92 Å². The first-order chi connectivity index (χ1) is 9.81. The molecule has 2 fully saturated rings. The molecule has 0 saturated carbocycles. The number of sulfonamides is 1. The average Bonchev–Trinajstić information content (AvgIpc) is 2.79. The van der Waals surface area contributed by atoms with Crippen molar-refractivity contribution in [1.82, 2.24) is 14.5 Å². The molecule has 0 bridgehead atoms. The highest BCUT2D eigenvalue weighted by Crippen LogP contribution is 2.19. The van der Waals surface area contributed by atoms with Crippen LogP contribution in [0.25, 0.3) is 0 Å². The molecule has 8 heteroatoms. The lowest BCUT2D eigenvalue weighted by molar-refractivity contribution is -0.129. The molecule has 2 saturated heterocycles. The molecule has 2 heterocycles. The molecular weight excluding hydrogens is 294 g/mol. The number of piperidine rings is 1. The van der Waals surface area contributed by atoms with Crippen LogP contribution in [0.2, 0.25) is 0 Å². The summed E-state index contributed by atoms with van der Waals surface area (Å²) in [4.78, 5) is 25.5. The van der Waals surface area contributed by atoms with Gasteiger partial charge in [0.1, 0.15) is 0 Å². The summed E-state index contributed by atoms with van der Waals surface area (Å²) < 4.78 is 24.3. The monoisotopic (exact) mass is 317 g/mol. The molecule has 0 unspecified atom stereocenters. The van der Waals surface area contributed by atoms with E-state index in [-0.39, 0.29) is 30.2 Å². The van der Waals surface area contributed by atoms with Crippen LogP contribution in [-0.4, -0.2) is 67.9 Å². The quantitative estimate of drug-likeness (QED) is 0.750.